The Hall–Kier alpha value is -2.78. The second-order valence-corrected chi connectivity index (χ2v) is 11.8. The van der Waals surface area contributed by atoms with Gasteiger partial charge in [-0.15, -0.1) is 5.10 Å². The molecule has 3 aromatic rings. The molecular formula is C29H31Cl2F3N4O6. The molecule has 1 aliphatic carbocycles. The van der Waals surface area contributed by atoms with Gasteiger partial charge in [-0.1, -0.05) is 47.7 Å². The highest BCUT2D eigenvalue weighted by atomic mass is 35.5. The van der Waals surface area contributed by atoms with E-state index < -0.39 is 72.6 Å². The number of benzene rings is 2. The van der Waals surface area contributed by atoms with Crippen LogP contribution in [0.25, 0.3) is 11.3 Å². The first kappa shape index (κ1) is 32.6. The molecule has 10 nitrogen and oxygen atoms in total. The summed E-state index contributed by atoms with van der Waals surface area (Å²) in [6.45, 7) is -0.692. The molecule has 7 atom stereocenters. The number of carbonyl (C=O) groups excluding carboxylic acids is 1. The summed E-state index contributed by atoms with van der Waals surface area (Å²) in [5.41, 5.74) is 0.126. The number of aliphatic hydroxyl groups excluding tert-OH is 3. The summed E-state index contributed by atoms with van der Waals surface area (Å²) in [4.78, 5) is 15.9. The summed E-state index contributed by atoms with van der Waals surface area (Å²) in [5.74, 6) is -5.15. The summed E-state index contributed by atoms with van der Waals surface area (Å²) in [5, 5.41) is 40.9. The van der Waals surface area contributed by atoms with Crippen molar-refractivity contribution in [1.82, 2.24) is 15.0 Å². The van der Waals surface area contributed by atoms with E-state index in [1.165, 1.54) is 36.4 Å². The van der Waals surface area contributed by atoms with Gasteiger partial charge in [-0.05, 0) is 43.2 Å². The van der Waals surface area contributed by atoms with Crippen LogP contribution in [0.15, 0.2) is 36.5 Å². The topological polar surface area (TPSA) is 130 Å². The number of hydrogen-bond donors (Lipinski definition) is 3. The van der Waals surface area contributed by atoms with Gasteiger partial charge < -0.3 is 29.7 Å². The number of rotatable bonds is 7. The van der Waals surface area contributed by atoms with Crippen LogP contribution in [0.3, 0.4) is 0 Å². The summed E-state index contributed by atoms with van der Waals surface area (Å²) >= 11 is 12.6. The molecule has 44 heavy (non-hydrogen) atoms. The molecule has 1 saturated heterocycles. The van der Waals surface area contributed by atoms with E-state index in [1.807, 2.05) is 0 Å². The number of aromatic nitrogens is 3. The molecule has 0 radical (unpaired) electrons. The molecule has 15 heteroatoms. The highest BCUT2D eigenvalue weighted by molar-refractivity contribution is 6.35. The maximum absolute atomic E-state index is 14.5. The van der Waals surface area contributed by atoms with E-state index >= 15 is 0 Å². The van der Waals surface area contributed by atoms with Crippen LogP contribution in [0.2, 0.25) is 10.0 Å². The molecule has 0 spiro atoms. The lowest BCUT2D eigenvalue weighted by atomic mass is 9.90. The first-order chi connectivity index (χ1) is 21.0. The van der Waals surface area contributed by atoms with Crippen molar-refractivity contribution in [2.75, 3.05) is 18.6 Å². The lowest BCUT2D eigenvalue weighted by Crippen LogP contribution is -2.63. The Labute approximate surface area is 260 Å². The van der Waals surface area contributed by atoms with Crippen molar-refractivity contribution in [1.29, 1.82) is 0 Å². The summed E-state index contributed by atoms with van der Waals surface area (Å²) in [6.07, 6.45) is -1.80. The third kappa shape index (κ3) is 6.45. The molecule has 2 aliphatic rings. The van der Waals surface area contributed by atoms with Gasteiger partial charge in [-0.25, -0.2) is 17.9 Å². The van der Waals surface area contributed by atoms with Gasteiger partial charge in [0, 0.05) is 28.4 Å². The summed E-state index contributed by atoms with van der Waals surface area (Å²) in [6, 6.07) is 4.19. The Bertz CT molecular complexity index is 1460. The van der Waals surface area contributed by atoms with Gasteiger partial charge >= 0.3 is 0 Å². The lowest BCUT2D eigenvalue weighted by Gasteiger charge is -2.45. The van der Waals surface area contributed by atoms with Gasteiger partial charge in [0.1, 0.15) is 30.0 Å². The zero-order valence-electron chi connectivity index (χ0n) is 23.5. The zero-order chi connectivity index (χ0) is 31.7. The highest BCUT2D eigenvalue weighted by Gasteiger charge is 2.52. The molecule has 0 unspecified atom stereocenters. The van der Waals surface area contributed by atoms with Crippen LogP contribution >= 0.6 is 23.2 Å². The van der Waals surface area contributed by atoms with Crippen molar-refractivity contribution in [2.24, 2.45) is 0 Å². The van der Waals surface area contributed by atoms with Gasteiger partial charge in [0.15, 0.2) is 23.6 Å². The number of aliphatic hydroxyl groups is 3. The minimum absolute atomic E-state index is 0.0588. The van der Waals surface area contributed by atoms with Crippen molar-refractivity contribution in [3.63, 3.8) is 0 Å². The smallest absolute Gasteiger partial charge is 0.259 e. The van der Waals surface area contributed by atoms with Gasteiger partial charge in [0.2, 0.25) is 0 Å². The van der Waals surface area contributed by atoms with Crippen LogP contribution in [0, 0.1) is 17.5 Å². The Morgan fingerprint density at radius 3 is 2.36 bits per heavy atom. The van der Waals surface area contributed by atoms with Crippen molar-refractivity contribution in [2.45, 2.75) is 74.7 Å². The molecule has 238 valence electrons. The number of carbonyl (C=O) groups is 1. The molecule has 1 amide bonds. The maximum atomic E-state index is 14.5. The SMILES string of the molecule is CO[C@@H]1[C@@H](n2cc(-c3cc(F)c(F)c(F)c3)nn2)[C@@H](O)[C@@H](CO)O[C@H]1C(=O)N(c1cc(Cl)cc(Cl)c1)[C@H]1CCCCC[C@@H]1O. The molecular weight excluding hydrogens is 628 g/mol. The third-order valence-corrected chi connectivity index (χ3v) is 8.55. The van der Waals surface area contributed by atoms with E-state index in [0.717, 1.165) is 36.1 Å². The highest BCUT2D eigenvalue weighted by Crippen LogP contribution is 2.37. The molecule has 2 heterocycles. The normalized spacial score (nSPS) is 27.6. The number of hydrogen-bond acceptors (Lipinski definition) is 8. The van der Waals surface area contributed by atoms with E-state index in [4.69, 9.17) is 32.7 Å². The second-order valence-electron chi connectivity index (χ2n) is 10.9. The molecule has 5 rings (SSSR count). The molecule has 3 N–H and O–H groups in total. The zero-order valence-corrected chi connectivity index (χ0v) is 25.0. The Morgan fingerprint density at radius 2 is 1.73 bits per heavy atom. The molecule has 2 fully saturated rings. The third-order valence-electron chi connectivity index (χ3n) is 8.12. The number of halogens is 5. The van der Waals surface area contributed by atoms with Crippen molar-refractivity contribution >= 4 is 34.8 Å². The van der Waals surface area contributed by atoms with Crippen molar-refractivity contribution < 1.29 is 42.8 Å². The van der Waals surface area contributed by atoms with Gasteiger partial charge in [0.05, 0.1) is 24.9 Å². The molecule has 2 aromatic carbocycles. The maximum Gasteiger partial charge on any atom is 0.259 e. The van der Waals surface area contributed by atoms with Crippen molar-refractivity contribution in [3.8, 4) is 11.3 Å². The fourth-order valence-corrected chi connectivity index (χ4v) is 6.50. The predicted octanol–water partition coefficient (Wildman–Crippen LogP) is 4.07. The monoisotopic (exact) mass is 658 g/mol. The largest absolute Gasteiger partial charge is 0.394 e. The molecule has 0 bridgehead atoms. The van der Waals surface area contributed by atoms with Gasteiger partial charge in [-0.2, -0.15) is 0 Å². The number of nitrogens with zero attached hydrogens (tertiary/aromatic N) is 4. The van der Waals surface area contributed by atoms with Crippen LogP contribution in [0.1, 0.15) is 38.1 Å². The minimum Gasteiger partial charge on any atom is -0.394 e. The van der Waals surface area contributed by atoms with E-state index in [0.29, 0.717) is 18.5 Å². The summed E-state index contributed by atoms with van der Waals surface area (Å²) in [7, 11) is 1.29. The Balaban J connectivity index is 1.55. The Morgan fingerprint density at radius 1 is 1.07 bits per heavy atom. The van der Waals surface area contributed by atoms with E-state index in [9.17, 15) is 33.3 Å². The van der Waals surface area contributed by atoms with Crippen molar-refractivity contribution in [3.05, 3.63) is 64.0 Å². The van der Waals surface area contributed by atoms with Gasteiger partial charge in [-0.3, -0.25) is 4.79 Å². The average molecular weight is 659 g/mol. The summed E-state index contributed by atoms with van der Waals surface area (Å²) < 4.78 is 54.2. The Kier molecular flexibility index (Phi) is 10.1. The van der Waals surface area contributed by atoms with Gasteiger partial charge in [0.25, 0.3) is 5.91 Å². The molecule has 1 saturated carbocycles. The van der Waals surface area contributed by atoms with Crippen LogP contribution in [0.4, 0.5) is 18.9 Å². The first-order valence-electron chi connectivity index (χ1n) is 14.0. The molecule has 1 aromatic heterocycles. The van der Waals surface area contributed by atoms with Crippen LogP contribution in [-0.2, 0) is 14.3 Å². The van der Waals surface area contributed by atoms with E-state index in [1.54, 1.807) is 0 Å². The van der Waals surface area contributed by atoms with Crippen LogP contribution in [-0.4, -0.2) is 86.5 Å². The number of ether oxygens (including phenoxy) is 2. The van der Waals surface area contributed by atoms with E-state index in [-0.39, 0.29) is 21.3 Å². The number of amides is 1. The lowest BCUT2D eigenvalue weighted by molar-refractivity contribution is -0.211. The molecule has 1 aliphatic heterocycles. The minimum atomic E-state index is -1.64. The standard InChI is InChI=1S/C29H31Cl2F3N4O6/c1-43-27-25(37-12-20(35-36-37)14-7-18(32)24(34)19(33)8-14)26(41)23(13-39)44-28(27)29(42)38(17-10-15(30)9-16(31)11-17)21-5-3-2-4-6-22(21)40/h7-12,21-23,25-28,39-41H,2-6,13H2,1H3/t21-,22-,23+,25-,26-,27+,28+/m0/s1. The quantitative estimate of drug-likeness (QED) is 0.256. The second kappa shape index (κ2) is 13.7. The first-order valence-corrected chi connectivity index (χ1v) is 14.8. The predicted molar refractivity (Wildman–Crippen MR) is 154 cm³/mol. The van der Waals surface area contributed by atoms with E-state index in [2.05, 4.69) is 10.3 Å². The number of anilines is 1. The average Bonchev–Trinajstić information content (AvgIpc) is 3.38. The fraction of sp³-hybridized carbons (Fsp3) is 0.483. The van der Waals surface area contributed by atoms with Crippen LogP contribution in [0.5, 0.6) is 0 Å². The fourth-order valence-electron chi connectivity index (χ4n) is 5.98. The number of methoxy groups -OCH3 is 1. The van der Waals surface area contributed by atoms with Crippen LogP contribution < -0.4 is 4.90 Å².